The average Bonchev–Trinajstić information content (AvgIpc) is 2.95. The van der Waals surface area contributed by atoms with E-state index in [1.165, 1.54) is 25.1 Å². The Morgan fingerprint density at radius 3 is 2.86 bits per heavy atom. The zero-order valence-electron chi connectivity index (χ0n) is 13.8. The highest BCUT2D eigenvalue weighted by Crippen LogP contribution is 2.23. The summed E-state index contributed by atoms with van der Waals surface area (Å²) >= 11 is 0. The fraction of sp³-hybridized carbons (Fsp3) is 0.667. The molecule has 1 aromatic rings. The maximum atomic E-state index is 6.01. The zero-order valence-corrected chi connectivity index (χ0v) is 13.8. The summed E-state index contributed by atoms with van der Waals surface area (Å²) in [6.07, 6.45) is 1.34. The molecule has 1 heterocycles. The lowest BCUT2D eigenvalue weighted by Gasteiger charge is -2.18. The molecule has 0 bridgehead atoms. The van der Waals surface area contributed by atoms with Gasteiger partial charge in [-0.3, -0.25) is 4.90 Å². The largest absolute Gasteiger partial charge is 0.492 e. The van der Waals surface area contributed by atoms with Crippen LogP contribution in [0, 0.1) is 11.8 Å². The Labute approximate surface area is 129 Å². The van der Waals surface area contributed by atoms with Gasteiger partial charge in [-0.25, -0.2) is 0 Å². The van der Waals surface area contributed by atoms with Gasteiger partial charge in [-0.15, -0.1) is 0 Å². The molecule has 0 spiro atoms. The van der Waals surface area contributed by atoms with Crippen LogP contribution in [0.4, 0.5) is 0 Å². The van der Waals surface area contributed by atoms with E-state index >= 15 is 0 Å². The highest BCUT2D eigenvalue weighted by Gasteiger charge is 2.24. The van der Waals surface area contributed by atoms with Crippen LogP contribution in [0.25, 0.3) is 0 Å². The molecule has 1 aliphatic heterocycles. The molecule has 21 heavy (non-hydrogen) atoms. The van der Waals surface area contributed by atoms with E-state index in [-0.39, 0.29) is 0 Å². The van der Waals surface area contributed by atoms with E-state index in [1.54, 1.807) is 0 Å². The summed E-state index contributed by atoms with van der Waals surface area (Å²) in [6, 6.07) is 8.35. The number of likely N-dealkylation sites (tertiary alicyclic amines) is 1. The standard InChI is InChI=1S/C18H30N2O/c1-4-19-13-16-7-5-6-8-18(16)21-12-11-20-10-9-17(14-20)15(2)3/h5-8,15,17,19H,4,9-14H2,1-3H3. The topological polar surface area (TPSA) is 24.5 Å². The molecule has 1 aromatic carbocycles. The number of benzene rings is 1. The molecule has 0 saturated carbocycles. The maximum absolute atomic E-state index is 6.01. The van der Waals surface area contributed by atoms with Crippen LogP contribution in [0.15, 0.2) is 24.3 Å². The third-order valence-corrected chi connectivity index (χ3v) is 4.45. The van der Waals surface area contributed by atoms with Gasteiger partial charge in [0, 0.05) is 25.2 Å². The summed E-state index contributed by atoms with van der Waals surface area (Å²) in [4.78, 5) is 2.54. The van der Waals surface area contributed by atoms with E-state index in [1.807, 2.05) is 0 Å². The summed E-state index contributed by atoms with van der Waals surface area (Å²) in [7, 11) is 0. The second-order valence-electron chi connectivity index (χ2n) is 6.33. The summed E-state index contributed by atoms with van der Waals surface area (Å²) in [5.74, 6) is 2.70. The number of para-hydroxylation sites is 1. The van der Waals surface area contributed by atoms with E-state index in [0.29, 0.717) is 0 Å². The van der Waals surface area contributed by atoms with Crippen molar-refractivity contribution in [1.29, 1.82) is 0 Å². The SMILES string of the molecule is CCNCc1ccccc1OCCN1CCC(C(C)C)C1. The molecule has 0 aliphatic carbocycles. The maximum Gasteiger partial charge on any atom is 0.123 e. The minimum atomic E-state index is 0.786. The van der Waals surface area contributed by atoms with Crippen molar-refractivity contribution in [1.82, 2.24) is 10.2 Å². The van der Waals surface area contributed by atoms with Crippen LogP contribution in [-0.2, 0) is 6.54 Å². The number of hydrogen-bond acceptors (Lipinski definition) is 3. The van der Waals surface area contributed by atoms with Crippen molar-refractivity contribution < 1.29 is 4.74 Å². The van der Waals surface area contributed by atoms with Crippen LogP contribution in [0.3, 0.4) is 0 Å². The molecule has 1 atom stereocenters. The minimum Gasteiger partial charge on any atom is -0.492 e. The van der Waals surface area contributed by atoms with Gasteiger partial charge < -0.3 is 10.1 Å². The quantitative estimate of drug-likeness (QED) is 0.796. The first kappa shape index (κ1) is 16.3. The average molecular weight is 290 g/mol. The molecule has 1 N–H and O–H groups in total. The van der Waals surface area contributed by atoms with E-state index in [9.17, 15) is 0 Å². The van der Waals surface area contributed by atoms with Crippen molar-refractivity contribution in [2.24, 2.45) is 11.8 Å². The lowest BCUT2D eigenvalue weighted by molar-refractivity contribution is 0.226. The van der Waals surface area contributed by atoms with Crippen molar-refractivity contribution in [3.8, 4) is 5.75 Å². The smallest absolute Gasteiger partial charge is 0.123 e. The van der Waals surface area contributed by atoms with Gasteiger partial charge in [0.2, 0.25) is 0 Å². The van der Waals surface area contributed by atoms with E-state index in [4.69, 9.17) is 4.74 Å². The van der Waals surface area contributed by atoms with Gasteiger partial charge in [0.05, 0.1) is 0 Å². The first-order valence-electron chi connectivity index (χ1n) is 8.34. The van der Waals surface area contributed by atoms with Gasteiger partial charge in [-0.05, 0) is 37.4 Å². The van der Waals surface area contributed by atoms with Crippen molar-refractivity contribution in [3.05, 3.63) is 29.8 Å². The number of nitrogens with one attached hydrogen (secondary N) is 1. The Bertz CT molecular complexity index is 419. The van der Waals surface area contributed by atoms with Gasteiger partial charge in [0.1, 0.15) is 12.4 Å². The fourth-order valence-corrected chi connectivity index (χ4v) is 2.94. The molecule has 2 rings (SSSR count). The van der Waals surface area contributed by atoms with E-state index in [0.717, 1.165) is 43.8 Å². The number of nitrogens with zero attached hydrogens (tertiary/aromatic N) is 1. The van der Waals surface area contributed by atoms with Crippen molar-refractivity contribution in [3.63, 3.8) is 0 Å². The molecule has 0 aromatic heterocycles. The Kier molecular flexibility index (Phi) is 6.52. The van der Waals surface area contributed by atoms with Gasteiger partial charge in [-0.2, -0.15) is 0 Å². The first-order chi connectivity index (χ1) is 10.2. The van der Waals surface area contributed by atoms with Gasteiger partial charge in [0.25, 0.3) is 0 Å². The van der Waals surface area contributed by atoms with Crippen LogP contribution in [-0.4, -0.2) is 37.7 Å². The van der Waals surface area contributed by atoms with Crippen LogP contribution >= 0.6 is 0 Å². The van der Waals surface area contributed by atoms with Crippen molar-refractivity contribution >= 4 is 0 Å². The summed E-state index contributed by atoms with van der Waals surface area (Å²) in [5, 5.41) is 3.36. The first-order valence-corrected chi connectivity index (χ1v) is 8.34. The Hall–Kier alpha value is -1.06. The summed E-state index contributed by atoms with van der Waals surface area (Å²) in [5.41, 5.74) is 1.25. The number of hydrogen-bond donors (Lipinski definition) is 1. The predicted octanol–water partition coefficient (Wildman–Crippen LogP) is 3.15. The predicted molar refractivity (Wildman–Crippen MR) is 88.7 cm³/mol. The van der Waals surface area contributed by atoms with Crippen molar-refractivity contribution in [2.45, 2.75) is 33.7 Å². The molecular weight excluding hydrogens is 260 g/mol. The van der Waals surface area contributed by atoms with Crippen molar-refractivity contribution in [2.75, 3.05) is 32.8 Å². The number of ether oxygens (including phenoxy) is 1. The lowest BCUT2D eigenvalue weighted by atomic mass is 9.95. The molecule has 1 aliphatic rings. The zero-order chi connectivity index (χ0) is 15.1. The van der Waals surface area contributed by atoms with Crippen LogP contribution in [0.2, 0.25) is 0 Å². The monoisotopic (exact) mass is 290 g/mol. The Morgan fingerprint density at radius 1 is 1.33 bits per heavy atom. The minimum absolute atomic E-state index is 0.786. The lowest BCUT2D eigenvalue weighted by Crippen LogP contribution is -2.27. The molecule has 0 amide bonds. The van der Waals surface area contributed by atoms with E-state index in [2.05, 4.69) is 55.3 Å². The third-order valence-electron chi connectivity index (χ3n) is 4.45. The molecular formula is C18H30N2O. The van der Waals surface area contributed by atoms with E-state index < -0.39 is 0 Å². The normalized spacial score (nSPS) is 19.3. The third kappa shape index (κ3) is 5.01. The highest BCUT2D eigenvalue weighted by molar-refractivity contribution is 5.33. The Balaban J connectivity index is 1.76. The molecule has 1 fully saturated rings. The highest BCUT2D eigenvalue weighted by atomic mass is 16.5. The summed E-state index contributed by atoms with van der Waals surface area (Å²) < 4.78 is 6.01. The van der Waals surface area contributed by atoms with Crippen LogP contribution in [0.1, 0.15) is 32.8 Å². The second-order valence-corrected chi connectivity index (χ2v) is 6.33. The van der Waals surface area contributed by atoms with Crippen LogP contribution < -0.4 is 10.1 Å². The van der Waals surface area contributed by atoms with Crippen LogP contribution in [0.5, 0.6) is 5.75 Å². The van der Waals surface area contributed by atoms with Gasteiger partial charge in [0.15, 0.2) is 0 Å². The molecule has 3 heteroatoms. The van der Waals surface area contributed by atoms with Gasteiger partial charge >= 0.3 is 0 Å². The molecule has 0 radical (unpaired) electrons. The molecule has 118 valence electrons. The molecule has 1 saturated heterocycles. The number of rotatable bonds is 8. The molecule has 1 unspecified atom stereocenters. The Morgan fingerprint density at radius 2 is 2.14 bits per heavy atom. The van der Waals surface area contributed by atoms with Gasteiger partial charge in [-0.1, -0.05) is 39.0 Å². The molecule has 3 nitrogen and oxygen atoms in total. The fourth-order valence-electron chi connectivity index (χ4n) is 2.94. The second kappa shape index (κ2) is 8.40. The summed E-state index contributed by atoms with van der Waals surface area (Å²) in [6.45, 7) is 13.0.